The standard InChI is InChI=1S/C20H22F3N7O6/c1-8-25-15-9(6-29-13(31)4-5-14(29)32)26-17(24)30-7-11(19(34,35)18(15,30)28-8)27-16(33)10-2-3-12(36-10)20(21,22)23/h2-3,9,11,15,25,28,34-35H,1,4-7H2,(H2,24,26)(H,27,33)/t9-,11-,15-,18-/m0/s1. The lowest BCUT2D eigenvalue weighted by Crippen LogP contribution is -2.78. The Hall–Kier alpha value is -3.79. The fraction of sp³-hybridized carbons (Fsp3) is 0.500. The third-order valence-electron chi connectivity index (χ3n) is 6.86. The molecular weight excluding hydrogens is 491 g/mol. The molecule has 0 radical (unpaired) electrons. The first kappa shape index (κ1) is 23.9. The van der Waals surface area contributed by atoms with Crippen molar-refractivity contribution in [2.24, 2.45) is 10.7 Å². The highest BCUT2D eigenvalue weighted by atomic mass is 19.4. The predicted molar refractivity (Wildman–Crippen MR) is 112 cm³/mol. The van der Waals surface area contributed by atoms with E-state index in [9.17, 15) is 37.8 Å². The minimum Gasteiger partial charge on any atom is -0.446 e. The maximum atomic E-state index is 12.8. The zero-order valence-corrected chi connectivity index (χ0v) is 18.5. The molecule has 16 heteroatoms. The Bertz CT molecular complexity index is 1180. The van der Waals surface area contributed by atoms with Crippen LogP contribution in [0.25, 0.3) is 0 Å². The van der Waals surface area contributed by atoms with E-state index in [-0.39, 0.29) is 37.7 Å². The quantitative estimate of drug-likeness (QED) is 0.194. The van der Waals surface area contributed by atoms with Crippen molar-refractivity contribution in [2.75, 3.05) is 13.1 Å². The summed E-state index contributed by atoms with van der Waals surface area (Å²) >= 11 is 0. The Kier molecular flexibility index (Phi) is 5.05. The van der Waals surface area contributed by atoms with Crippen molar-refractivity contribution in [1.82, 2.24) is 25.8 Å². The number of carbonyl (C=O) groups excluding carboxylic acids is 3. The van der Waals surface area contributed by atoms with Crippen molar-refractivity contribution < 1.29 is 42.2 Å². The van der Waals surface area contributed by atoms with Crippen LogP contribution in [0.3, 0.4) is 0 Å². The Morgan fingerprint density at radius 3 is 2.58 bits per heavy atom. The minimum atomic E-state index is -4.81. The molecule has 4 aliphatic rings. The number of hydrogen-bond acceptors (Lipinski definition) is 11. The number of rotatable bonds is 4. The molecule has 1 aromatic rings. The molecule has 4 atom stereocenters. The number of aliphatic hydroxyl groups is 2. The van der Waals surface area contributed by atoms with E-state index in [1.165, 1.54) is 4.90 Å². The highest BCUT2D eigenvalue weighted by molar-refractivity contribution is 6.02. The molecule has 13 nitrogen and oxygen atoms in total. The molecule has 36 heavy (non-hydrogen) atoms. The fourth-order valence-corrected chi connectivity index (χ4v) is 5.22. The first-order chi connectivity index (χ1) is 16.8. The zero-order valence-electron chi connectivity index (χ0n) is 18.5. The van der Waals surface area contributed by atoms with Gasteiger partial charge in [-0.05, 0) is 12.1 Å². The number of aliphatic imine (C=N–C) groups is 1. The van der Waals surface area contributed by atoms with Gasteiger partial charge < -0.3 is 41.2 Å². The molecular formula is C20H22F3N7O6. The van der Waals surface area contributed by atoms with Crippen LogP contribution in [0.5, 0.6) is 0 Å². The molecule has 0 aliphatic carbocycles. The van der Waals surface area contributed by atoms with Crippen molar-refractivity contribution in [1.29, 1.82) is 0 Å². The molecule has 3 amide bonds. The molecule has 5 rings (SSSR count). The second-order valence-corrected chi connectivity index (χ2v) is 8.97. The van der Waals surface area contributed by atoms with Gasteiger partial charge in [0, 0.05) is 19.4 Å². The summed E-state index contributed by atoms with van der Waals surface area (Å²) in [5.41, 5.74) is 4.28. The summed E-state index contributed by atoms with van der Waals surface area (Å²) in [7, 11) is 0. The summed E-state index contributed by atoms with van der Waals surface area (Å²) in [6, 6.07) is -2.02. The number of hydrogen-bond donors (Lipinski definition) is 6. The van der Waals surface area contributed by atoms with Crippen LogP contribution in [-0.4, -0.2) is 86.4 Å². The number of nitrogens with two attached hydrogens (primary N) is 1. The van der Waals surface area contributed by atoms with Gasteiger partial charge in [-0.3, -0.25) is 19.3 Å². The number of guanidine groups is 1. The van der Waals surface area contributed by atoms with Gasteiger partial charge in [0.2, 0.25) is 23.4 Å². The van der Waals surface area contributed by atoms with E-state index < -0.39 is 65.0 Å². The lowest BCUT2D eigenvalue weighted by molar-refractivity contribution is -0.231. The summed E-state index contributed by atoms with van der Waals surface area (Å²) in [6.45, 7) is 3.25. The van der Waals surface area contributed by atoms with Crippen molar-refractivity contribution in [3.8, 4) is 0 Å². The fourth-order valence-electron chi connectivity index (χ4n) is 5.22. The average Bonchev–Trinajstić information content (AvgIpc) is 3.52. The normalized spacial score (nSPS) is 31.1. The van der Waals surface area contributed by atoms with Crippen LogP contribution in [0.1, 0.15) is 29.2 Å². The predicted octanol–water partition coefficient (Wildman–Crippen LogP) is -2.03. The number of imide groups is 1. The van der Waals surface area contributed by atoms with Crippen LogP contribution in [0.2, 0.25) is 0 Å². The Morgan fingerprint density at radius 2 is 1.97 bits per heavy atom. The molecule has 1 aromatic heterocycles. The molecule has 0 aromatic carbocycles. The maximum absolute atomic E-state index is 12.8. The third-order valence-corrected chi connectivity index (χ3v) is 6.86. The summed E-state index contributed by atoms with van der Waals surface area (Å²) in [5, 5.41) is 30.8. The van der Waals surface area contributed by atoms with Gasteiger partial charge in [0.15, 0.2) is 17.4 Å². The van der Waals surface area contributed by atoms with Gasteiger partial charge in [-0.25, -0.2) is 4.99 Å². The number of likely N-dealkylation sites (tertiary alicyclic amines) is 1. The largest absolute Gasteiger partial charge is 0.449 e. The average molecular weight is 513 g/mol. The number of carbonyl (C=O) groups is 3. The Balaban J connectivity index is 1.44. The summed E-state index contributed by atoms with van der Waals surface area (Å²) in [6.07, 6.45) is -4.72. The van der Waals surface area contributed by atoms with Gasteiger partial charge in [-0.15, -0.1) is 0 Å². The van der Waals surface area contributed by atoms with Crippen LogP contribution in [-0.2, 0) is 15.8 Å². The van der Waals surface area contributed by atoms with Crippen LogP contribution in [0.4, 0.5) is 13.2 Å². The molecule has 4 aliphatic heterocycles. The van der Waals surface area contributed by atoms with Gasteiger partial charge in [-0.2, -0.15) is 13.2 Å². The first-order valence-electron chi connectivity index (χ1n) is 10.9. The molecule has 0 unspecified atom stereocenters. The van der Waals surface area contributed by atoms with Gasteiger partial charge in [0.1, 0.15) is 6.04 Å². The molecule has 7 N–H and O–H groups in total. The second-order valence-electron chi connectivity index (χ2n) is 8.97. The lowest BCUT2D eigenvalue weighted by atomic mass is 9.85. The van der Waals surface area contributed by atoms with Crippen LogP contribution >= 0.6 is 0 Å². The summed E-state index contributed by atoms with van der Waals surface area (Å²) in [4.78, 5) is 43.6. The topological polar surface area (TPSA) is 186 Å². The van der Waals surface area contributed by atoms with Gasteiger partial charge in [0.25, 0.3) is 5.91 Å². The number of furan rings is 1. The van der Waals surface area contributed by atoms with E-state index in [1.54, 1.807) is 0 Å². The molecule has 3 saturated heterocycles. The van der Waals surface area contributed by atoms with Crippen molar-refractivity contribution in [3.05, 3.63) is 36.1 Å². The van der Waals surface area contributed by atoms with Crippen LogP contribution < -0.4 is 21.7 Å². The first-order valence-corrected chi connectivity index (χ1v) is 10.9. The van der Waals surface area contributed by atoms with Crippen LogP contribution in [0, 0.1) is 0 Å². The molecule has 1 spiro atoms. The number of halogens is 3. The second kappa shape index (κ2) is 7.60. The highest BCUT2D eigenvalue weighted by Gasteiger charge is 2.73. The maximum Gasteiger partial charge on any atom is 0.449 e. The van der Waals surface area contributed by atoms with Crippen molar-refractivity contribution in [2.45, 2.75) is 48.6 Å². The molecule has 3 fully saturated rings. The molecule has 0 bridgehead atoms. The summed E-state index contributed by atoms with van der Waals surface area (Å²) in [5.74, 6) is -6.83. The minimum absolute atomic E-state index is 0.0476. The molecule has 194 valence electrons. The number of nitrogens with zero attached hydrogens (tertiary/aromatic N) is 3. The van der Waals surface area contributed by atoms with E-state index >= 15 is 0 Å². The van der Waals surface area contributed by atoms with Gasteiger partial charge in [-0.1, -0.05) is 6.58 Å². The monoisotopic (exact) mass is 513 g/mol. The number of alkyl halides is 3. The SMILES string of the molecule is C=C1N[C@H]2[C@H](CN3C(=O)CCC3=O)N=C(N)N3C[C@H](NC(=O)c4ccc(C(F)(F)F)o4)C(O)(O)[C@]23N1. The number of amides is 3. The van der Waals surface area contributed by atoms with E-state index in [1.807, 2.05) is 0 Å². The molecule has 0 saturated carbocycles. The van der Waals surface area contributed by atoms with Crippen molar-refractivity contribution >= 4 is 23.7 Å². The zero-order chi connectivity index (χ0) is 26.2. The number of nitrogens with one attached hydrogen (secondary N) is 3. The third kappa shape index (κ3) is 3.31. The van der Waals surface area contributed by atoms with E-state index in [2.05, 4.69) is 31.9 Å². The molecule has 5 heterocycles. The Labute approximate surface area is 200 Å². The lowest BCUT2D eigenvalue weighted by Gasteiger charge is -2.49. The van der Waals surface area contributed by atoms with E-state index in [0.29, 0.717) is 6.07 Å². The van der Waals surface area contributed by atoms with Gasteiger partial charge in [0.05, 0.1) is 24.4 Å². The van der Waals surface area contributed by atoms with Crippen LogP contribution in [0.15, 0.2) is 33.9 Å². The summed E-state index contributed by atoms with van der Waals surface area (Å²) < 4.78 is 43.1. The smallest absolute Gasteiger partial charge is 0.446 e. The Morgan fingerprint density at radius 1 is 1.31 bits per heavy atom. The van der Waals surface area contributed by atoms with E-state index in [0.717, 1.165) is 11.0 Å². The van der Waals surface area contributed by atoms with Crippen molar-refractivity contribution in [3.63, 3.8) is 0 Å². The van der Waals surface area contributed by atoms with Gasteiger partial charge >= 0.3 is 6.18 Å². The van der Waals surface area contributed by atoms with E-state index in [4.69, 9.17) is 5.73 Å². The highest BCUT2D eigenvalue weighted by Crippen LogP contribution is 2.45.